The number of sulfonamides is 1. The van der Waals surface area contributed by atoms with E-state index in [4.69, 9.17) is 0 Å². The van der Waals surface area contributed by atoms with Gasteiger partial charge in [0.25, 0.3) is 5.91 Å². The van der Waals surface area contributed by atoms with Crippen molar-refractivity contribution in [3.63, 3.8) is 0 Å². The standard InChI is InChI=1S/C21H24N2O5S/c1-15(2)16-8-10-18(11-9-16)29(27,28)23-13-12-22(14-19(23)21(25)26)20(24)17-6-4-3-5-7-17/h3-11,15,19H,12-14H2,1-2H3,(H,25,26). The Kier molecular flexibility index (Phi) is 6.04. The minimum absolute atomic E-state index is 0.0518. The van der Waals surface area contributed by atoms with Crippen LogP contribution in [0.1, 0.15) is 35.7 Å². The number of nitrogens with zero attached hydrogens (tertiary/aromatic N) is 2. The summed E-state index contributed by atoms with van der Waals surface area (Å²) in [5.41, 5.74) is 1.44. The van der Waals surface area contributed by atoms with Crippen molar-refractivity contribution in [1.29, 1.82) is 0 Å². The van der Waals surface area contributed by atoms with E-state index in [0.717, 1.165) is 9.87 Å². The molecule has 1 amide bonds. The highest BCUT2D eigenvalue weighted by atomic mass is 32.2. The van der Waals surface area contributed by atoms with Gasteiger partial charge < -0.3 is 10.0 Å². The number of carbonyl (C=O) groups is 2. The van der Waals surface area contributed by atoms with Crippen LogP contribution < -0.4 is 0 Å². The Labute approximate surface area is 170 Å². The van der Waals surface area contributed by atoms with E-state index in [0.29, 0.717) is 5.56 Å². The number of benzene rings is 2. The molecule has 1 atom stereocenters. The molecule has 2 aromatic carbocycles. The fourth-order valence-corrected chi connectivity index (χ4v) is 4.93. The molecule has 1 aliphatic rings. The second-order valence-electron chi connectivity index (χ2n) is 7.31. The van der Waals surface area contributed by atoms with Gasteiger partial charge in [0, 0.05) is 25.2 Å². The first-order valence-corrected chi connectivity index (χ1v) is 10.8. The van der Waals surface area contributed by atoms with Crippen LogP contribution in [0.3, 0.4) is 0 Å². The Morgan fingerprint density at radius 1 is 1.00 bits per heavy atom. The summed E-state index contributed by atoms with van der Waals surface area (Å²) in [6, 6.07) is 13.7. The van der Waals surface area contributed by atoms with Crippen molar-refractivity contribution in [2.24, 2.45) is 0 Å². The van der Waals surface area contributed by atoms with Crippen molar-refractivity contribution < 1.29 is 23.1 Å². The van der Waals surface area contributed by atoms with E-state index >= 15 is 0 Å². The second kappa shape index (κ2) is 8.34. The lowest BCUT2D eigenvalue weighted by molar-refractivity contribution is -0.142. The second-order valence-corrected chi connectivity index (χ2v) is 9.20. The van der Waals surface area contributed by atoms with Crippen molar-refractivity contribution in [3.05, 3.63) is 65.7 Å². The van der Waals surface area contributed by atoms with Crippen LogP contribution in [0.25, 0.3) is 0 Å². The van der Waals surface area contributed by atoms with Gasteiger partial charge in [0.2, 0.25) is 10.0 Å². The van der Waals surface area contributed by atoms with Crippen LogP contribution in [-0.4, -0.2) is 60.3 Å². The normalized spacial score (nSPS) is 18.0. The zero-order chi connectivity index (χ0) is 21.2. The zero-order valence-corrected chi connectivity index (χ0v) is 17.2. The summed E-state index contributed by atoms with van der Waals surface area (Å²) in [7, 11) is -4.00. The molecule has 1 saturated heterocycles. The summed E-state index contributed by atoms with van der Waals surface area (Å²) < 4.78 is 27.2. The van der Waals surface area contributed by atoms with Crippen molar-refractivity contribution in [2.45, 2.75) is 30.7 Å². The highest BCUT2D eigenvalue weighted by Crippen LogP contribution is 2.24. The Morgan fingerprint density at radius 3 is 2.17 bits per heavy atom. The van der Waals surface area contributed by atoms with E-state index in [2.05, 4.69) is 0 Å². The van der Waals surface area contributed by atoms with Crippen molar-refractivity contribution >= 4 is 21.9 Å². The monoisotopic (exact) mass is 416 g/mol. The maximum Gasteiger partial charge on any atom is 0.323 e. The van der Waals surface area contributed by atoms with Gasteiger partial charge in [-0.3, -0.25) is 9.59 Å². The molecule has 0 bridgehead atoms. The van der Waals surface area contributed by atoms with Gasteiger partial charge in [0.1, 0.15) is 6.04 Å². The minimum atomic E-state index is -4.00. The average Bonchev–Trinajstić information content (AvgIpc) is 2.73. The molecule has 154 valence electrons. The predicted molar refractivity (Wildman–Crippen MR) is 108 cm³/mol. The SMILES string of the molecule is CC(C)c1ccc(S(=O)(=O)N2CCN(C(=O)c3ccccc3)CC2C(=O)O)cc1. The molecule has 0 spiro atoms. The van der Waals surface area contributed by atoms with Crippen LogP contribution in [0.2, 0.25) is 0 Å². The maximum absolute atomic E-state index is 13.1. The third kappa shape index (κ3) is 4.33. The highest BCUT2D eigenvalue weighted by molar-refractivity contribution is 7.89. The number of hydrogen-bond acceptors (Lipinski definition) is 4. The molecule has 1 aliphatic heterocycles. The number of carboxylic acid groups (broad SMARTS) is 1. The Balaban J connectivity index is 1.84. The molecule has 1 unspecified atom stereocenters. The van der Waals surface area contributed by atoms with Gasteiger partial charge in [0.15, 0.2) is 0 Å². The molecule has 0 radical (unpaired) electrons. The molecule has 0 aliphatic carbocycles. The lowest BCUT2D eigenvalue weighted by Gasteiger charge is -2.38. The zero-order valence-electron chi connectivity index (χ0n) is 16.4. The van der Waals surface area contributed by atoms with Crippen LogP contribution >= 0.6 is 0 Å². The van der Waals surface area contributed by atoms with Gasteiger partial charge in [-0.05, 0) is 35.7 Å². The molecular weight excluding hydrogens is 392 g/mol. The Hall–Kier alpha value is -2.71. The van der Waals surface area contributed by atoms with Gasteiger partial charge in [-0.1, -0.05) is 44.2 Å². The number of hydrogen-bond donors (Lipinski definition) is 1. The number of amides is 1. The molecule has 1 N–H and O–H groups in total. The van der Waals surface area contributed by atoms with Crippen molar-refractivity contribution in [1.82, 2.24) is 9.21 Å². The number of carboxylic acids is 1. The van der Waals surface area contributed by atoms with E-state index in [1.54, 1.807) is 42.5 Å². The quantitative estimate of drug-likeness (QED) is 0.808. The van der Waals surface area contributed by atoms with Crippen LogP contribution in [-0.2, 0) is 14.8 Å². The van der Waals surface area contributed by atoms with Gasteiger partial charge in [-0.25, -0.2) is 8.42 Å². The van der Waals surface area contributed by atoms with E-state index in [1.165, 1.54) is 17.0 Å². The van der Waals surface area contributed by atoms with Gasteiger partial charge in [-0.2, -0.15) is 4.31 Å². The summed E-state index contributed by atoms with van der Waals surface area (Å²) in [6.07, 6.45) is 0. The van der Waals surface area contributed by atoms with Crippen LogP contribution in [0.15, 0.2) is 59.5 Å². The van der Waals surface area contributed by atoms with Crippen LogP contribution in [0, 0.1) is 0 Å². The van der Waals surface area contributed by atoms with E-state index in [-0.39, 0.29) is 36.4 Å². The summed E-state index contributed by atoms with van der Waals surface area (Å²) in [4.78, 5) is 26.0. The first-order valence-electron chi connectivity index (χ1n) is 9.40. The number of rotatable bonds is 5. The highest BCUT2D eigenvalue weighted by Gasteiger charge is 2.41. The largest absolute Gasteiger partial charge is 0.480 e. The van der Waals surface area contributed by atoms with Crippen molar-refractivity contribution in [2.75, 3.05) is 19.6 Å². The topological polar surface area (TPSA) is 95.0 Å². The van der Waals surface area contributed by atoms with Crippen LogP contribution in [0.4, 0.5) is 0 Å². The summed E-state index contributed by atoms with van der Waals surface area (Å²) in [5.74, 6) is -1.33. The van der Waals surface area contributed by atoms with E-state index < -0.39 is 22.0 Å². The first-order chi connectivity index (χ1) is 13.7. The molecule has 0 aromatic heterocycles. The predicted octanol–water partition coefficient (Wildman–Crippen LogP) is 2.41. The molecule has 2 aromatic rings. The third-order valence-corrected chi connectivity index (χ3v) is 7.00. The lowest BCUT2D eigenvalue weighted by atomic mass is 10.0. The van der Waals surface area contributed by atoms with E-state index in [1.807, 2.05) is 13.8 Å². The van der Waals surface area contributed by atoms with Gasteiger partial charge in [0.05, 0.1) is 4.90 Å². The lowest BCUT2D eigenvalue weighted by Crippen LogP contribution is -2.59. The maximum atomic E-state index is 13.1. The Morgan fingerprint density at radius 2 is 1.62 bits per heavy atom. The van der Waals surface area contributed by atoms with Gasteiger partial charge >= 0.3 is 5.97 Å². The number of piperazine rings is 1. The average molecular weight is 416 g/mol. The molecule has 7 nitrogen and oxygen atoms in total. The van der Waals surface area contributed by atoms with Crippen molar-refractivity contribution in [3.8, 4) is 0 Å². The number of aliphatic carboxylic acids is 1. The smallest absolute Gasteiger partial charge is 0.323 e. The molecule has 3 rings (SSSR count). The first kappa shape index (κ1) is 21.0. The summed E-state index contributed by atoms with van der Waals surface area (Å²) in [5, 5.41) is 9.66. The fourth-order valence-electron chi connectivity index (χ4n) is 3.36. The molecule has 29 heavy (non-hydrogen) atoms. The molecule has 1 fully saturated rings. The molecular formula is C21H24N2O5S. The summed E-state index contributed by atoms with van der Waals surface area (Å²) in [6.45, 7) is 3.86. The van der Waals surface area contributed by atoms with Gasteiger partial charge in [-0.15, -0.1) is 0 Å². The molecule has 0 saturated carbocycles. The molecule has 1 heterocycles. The molecule has 8 heteroatoms. The number of carbonyl (C=O) groups excluding carboxylic acids is 1. The van der Waals surface area contributed by atoms with E-state index in [9.17, 15) is 23.1 Å². The fraction of sp³-hybridized carbons (Fsp3) is 0.333. The van der Waals surface area contributed by atoms with Crippen LogP contribution in [0.5, 0.6) is 0 Å². The summed E-state index contributed by atoms with van der Waals surface area (Å²) >= 11 is 0. The third-order valence-electron chi connectivity index (χ3n) is 5.08. The minimum Gasteiger partial charge on any atom is -0.480 e. The Bertz CT molecular complexity index is 987.